The third-order valence-corrected chi connectivity index (χ3v) is 9.84. The van der Waals surface area contributed by atoms with Gasteiger partial charge in [0.2, 0.25) is 0 Å². The van der Waals surface area contributed by atoms with E-state index in [1.807, 2.05) is 6.07 Å². The largest absolute Gasteiger partial charge is 0.494 e. The first-order chi connectivity index (χ1) is 17.8. The van der Waals surface area contributed by atoms with Gasteiger partial charge < -0.3 is 4.74 Å². The lowest BCUT2D eigenvalue weighted by Crippen LogP contribution is -2.44. The summed E-state index contributed by atoms with van der Waals surface area (Å²) in [6.45, 7) is 0.927. The summed E-state index contributed by atoms with van der Waals surface area (Å²) in [4.78, 5) is 32.3. The van der Waals surface area contributed by atoms with E-state index in [1.165, 1.54) is 12.5 Å². The summed E-state index contributed by atoms with van der Waals surface area (Å²) in [6, 6.07) is 11.8. The van der Waals surface area contributed by atoms with Crippen LogP contribution in [-0.2, 0) is 21.8 Å². The summed E-state index contributed by atoms with van der Waals surface area (Å²) in [5.41, 5.74) is 0.442. The van der Waals surface area contributed by atoms with Crippen molar-refractivity contribution in [3.05, 3.63) is 74.5 Å². The van der Waals surface area contributed by atoms with Crippen molar-refractivity contribution in [2.24, 2.45) is 0 Å². The lowest BCUT2D eigenvalue weighted by molar-refractivity contribution is 0.281. The van der Waals surface area contributed by atoms with Gasteiger partial charge in [0.15, 0.2) is 0 Å². The zero-order valence-electron chi connectivity index (χ0n) is 20.3. The number of aromatic nitrogens is 3. The van der Waals surface area contributed by atoms with Gasteiger partial charge in [-0.15, -0.1) is 0 Å². The van der Waals surface area contributed by atoms with E-state index in [9.17, 15) is 18.0 Å². The van der Waals surface area contributed by atoms with Crippen LogP contribution < -0.4 is 16.0 Å². The lowest BCUT2D eigenvalue weighted by Gasteiger charge is -2.32. The second-order valence-corrected chi connectivity index (χ2v) is 12.5. The topological polar surface area (TPSA) is 104 Å². The van der Waals surface area contributed by atoms with Crippen LogP contribution >= 0.6 is 11.6 Å². The van der Waals surface area contributed by atoms with E-state index in [-0.39, 0.29) is 11.1 Å². The fourth-order valence-electron chi connectivity index (χ4n) is 4.88. The second kappa shape index (κ2) is 10.5. The van der Waals surface area contributed by atoms with E-state index < -0.39 is 33.0 Å². The number of methoxy groups -OCH3 is 1. The molecule has 1 saturated heterocycles. The molecule has 0 radical (unpaired) electrons. The van der Waals surface area contributed by atoms with Crippen molar-refractivity contribution in [3.8, 4) is 11.4 Å². The van der Waals surface area contributed by atoms with E-state index in [2.05, 4.69) is 4.98 Å². The van der Waals surface area contributed by atoms with E-state index in [4.69, 9.17) is 16.3 Å². The van der Waals surface area contributed by atoms with Crippen LogP contribution in [0, 0.1) is 0 Å². The molecule has 0 spiro atoms. The van der Waals surface area contributed by atoms with Gasteiger partial charge in [-0.25, -0.2) is 17.9 Å². The molecule has 2 unspecified atom stereocenters. The Kier molecular flexibility index (Phi) is 7.30. The Labute approximate surface area is 222 Å². The van der Waals surface area contributed by atoms with Crippen LogP contribution in [0.4, 0.5) is 0 Å². The van der Waals surface area contributed by atoms with Crippen LogP contribution in [0.5, 0.6) is 5.75 Å². The molecule has 2 aromatic carbocycles. The van der Waals surface area contributed by atoms with Crippen molar-refractivity contribution in [2.75, 3.05) is 31.5 Å². The maximum Gasteiger partial charge on any atom is 0.336 e. The number of fused-ring (bicyclic) bond motifs is 3. The first kappa shape index (κ1) is 25.8. The van der Waals surface area contributed by atoms with Crippen LogP contribution in [0.15, 0.2) is 58.3 Å². The minimum absolute atomic E-state index is 0.0866. The second-order valence-electron chi connectivity index (χ2n) is 8.82. The molecule has 0 bridgehead atoms. The highest BCUT2D eigenvalue weighted by Crippen LogP contribution is 2.32. The van der Waals surface area contributed by atoms with Crippen molar-refractivity contribution in [2.45, 2.75) is 18.9 Å². The molecule has 1 aliphatic heterocycles. The van der Waals surface area contributed by atoms with Gasteiger partial charge in [-0.05, 0) is 37.1 Å². The van der Waals surface area contributed by atoms with Crippen molar-refractivity contribution in [1.82, 2.24) is 18.4 Å². The number of piperidine rings is 1. The minimum atomic E-state index is -1.36. The summed E-state index contributed by atoms with van der Waals surface area (Å²) >= 11 is 6.19. The van der Waals surface area contributed by atoms with Crippen LogP contribution in [-0.4, -0.2) is 58.4 Å². The summed E-state index contributed by atoms with van der Waals surface area (Å²) in [6.07, 6.45) is 4.07. The zero-order chi connectivity index (χ0) is 26.3. The number of pyridine rings is 1. The van der Waals surface area contributed by atoms with Crippen molar-refractivity contribution < 1.29 is 13.2 Å². The van der Waals surface area contributed by atoms with Gasteiger partial charge in [0.25, 0.3) is 5.56 Å². The molecule has 0 saturated carbocycles. The molecular formula is C25H25ClN4O5S2. The van der Waals surface area contributed by atoms with Crippen LogP contribution in [0.25, 0.3) is 27.5 Å². The predicted octanol–water partition coefficient (Wildman–Crippen LogP) is 3.00. The molecule has 3 heterocycles. The first-order valence-corrected chi connectivity index (χ1v) is 15.0. The van der Waals surface area contributed by atoms with E-state index in [1.54, 1.807) is 52.4 Å². The molecule has 4 aromatic rings. The summed E-state index contributed by atoms with van der Waals surface area (Å²) < 4.78 is 34.2. The number of ether oxygens (including phenoxy) is 1. The fraction of sp³-hybridized carbons (Fsp3) is 0.320. The Morgan fingerprint density at radius 1 is 1.08 bits per heavy atom. The smallest absolute Gasteiger partial charge is 0.336 e. The molecular weight excluding hydrogens is 536 g/mol. The van der Waals surface area contributed by atoms with Crippen LogP contribution in [0.1, 0.15) is 18.9 Å². The molecule has 1 fully saturated rings. The normalized spacial score (nSPS) is 16.7. The van der Waals surface area contributed by atoms with E-state index in [0.29, 0.717) is 64.2 Å². The highest BCUT2D eigenvalue weighted by molar-refractivity contribution is 8.00. The highest BCUT2D eigenvalue weighted by atomic mass is 35.5. The molecule has 37 heavy (non-hydrogen) atoms. The van der Waals surface area contributed by atoms with Crippen molar-refractivity contribution in [1.29, 1.82) is 0 Å². The number of rotatable bonds is 6. The third kappa shape index (κ3) is 4.76. The van der Waals surface area contributed by atoms with Gasteiger partial charge in [0.1, 0.15) is 27.3 Å². The summed E-state index contributed by atoms with van der Waals surface area (Å²) in [5.74, 6) is 0.537. The van der Waals surface area contributed by atoms with Crippen LogP contribution in [0.3, 0.4) is 0 Å². The molecule has 0 N–H and O–H groups in total. The number of hydrogen-bond donors (Lipinski definition) is 0. The first-order valence-electron chi connectivity index (χ1n) is 11.6. The van der Waals surface area contributed by atoms with E-state index in [0.717, 1.165) is 4.57 Å². The molecule has 0 aliphatic carbocycles. The number of benzene rings is 2. The van der Waals surface area contributed by atoms with Gasteiger partial charge in [0.05, 0.1) is 23.7 Å². The quantitative estimate of drug-likeness (QED) is 0.336. The Morgan fingerprint density at radius 2 is 1.81 bits per heavy atom. The minimum Gasteiger partial charge on any atom is -0.494 e. The van der Waals surface area contributed by atoms with Crippen LogP contribution in [0.2, 0.25) is 5.02 Å². The fourth-order valence-corrected chi connectivity index (χ4v) is 7.41. The van der Waals surface area contributed by atoms with Crippen molar-refractivity contribution in [3.63, 3.8) is 0 Å². The summed E-state index contributed by atoms with van der Waals surface area (Å²) in [7, 11) is -0.989. The molecule has 5 rings (SSSR count). The average molecular weight is 561 g/mol. The monoisotopic (exact) mass is 560 g/mol. The van der Waals surface area contributed by atoms with Gasteiger partial charge in [0, 0.05) is 52.8 Å². The third-order valence-electron chi connectivity index (χ3n) is 6.53. The molecule has 12 heteroatoms. The number of hydrogen-bond acceptors (Lipinski definition) is 6. The summed E-state index contributed by atoms with van der Waals surface area (Å²) in [5, 5.41) is 1.42. The Bertz CT molecular complexity index is 1680. The maximum atomic E-state index is 14.1. The highest BCUT2D eigenvalue weighted by Gasteiger charge is 2.29. The van der Waals surface area contributed by atoms with Gasteiger partial charge in [-0.1, -0.05) is 29.8 Å². The predicted molar refractivity (Wildman–Crippen MR) is 148 cm³/mol. The number of nitrogens with zero attached hydrogens (tertiary/aromatic N) is 4. The molecule has 0 amide bonds. The molecule has 2 aromatic heterocycles. The molecule has 2 atom stereocenters. The molecule has 194 valence electrons. The SMILES string of the molecule is COc1cccc2c1ncc1c(=O)n(-c3cccc(Cl)c3)c(=O)n(C3CCN(S(=O)CS(C)=O)CC3)c12. The van der Waals surface area contributed by atoms with Gasteiger partial charge in [-0.3, -0.25) is 18.6 Å². The maximum absolute atomic E-state index is 14.1. The zero-order valence-corrected chi connectivity index (χ0v) is 22.6. The Morgan fingerprint density at radius 3 is 2.49 bits per heavy atom. The Balaban J connectivity index is 1.74. The van der Waals surface area contributed by atoms with E-state index >= 15 is 0 Å². The van der Waals surface area contributed by atoms with Gasteiger partial charge in [-0.2, -0.15) is 0 Å². The number of para-hydroxylation sites is 1. The van der Waals surface area contributed by atoms with Crippen molar-refractivity contribution >= 4 is 55.2 Å². The molecule has 9 nitrogen and oxygen atoms in total. The average Bonchev–Trinajstić information content (AvgIpc) is 2.88. The number of halogens is 1. The van der Waals surface area contributed by atoms with Gasteiger partial charge >= 0.3 is 5.69 Å². The Hall–Kier alpha value is -2.86. The molecule has 1 aliphatic rings. The lowest BCUT2D eigenvalue weighted by atomic mass is 10.0. The standard InChI is InChI=1S/C25H25ClN4O5S2/c1-35-21-8-4-7-19-22(21)27-14-20-23(19)29(17-9-11-28(12-10-17)37(34)15-36(2)33)25(32)30(24(20)31)18-6-3-5-16(26)13-18/h3-8,13-14,17H,9-12,15H2,1-2H3.